The lowest BCUT2D eigenvalue weighted by atomic mass is 10.1. The van der Waals surface area contributed by atoms with Crippen LogP contribution in [-0.2, 0) is 17.8 Å². The summed E-state index contributed by atoms with van der Waals surface area (Å²) in [7, 11) is 0. The molecule has 0 aliphatic carbocycles. The van der Waals surface area contributed by atoms with E-state index in [0.29, 0.717) is 33.9 Å². The van der Waals surface area contributed by atoms with Crippen LogP contribution in [0, 0.1) is 11.3 Å². The predicted octanol–water partition coefficient (Wildman–Crippen LogP) is 5.30. The van der Waals surface area contributed by atoms with Crippen molar-refractivity contribution in [2.24, 2.45) is 0 Å². The van der Waals surface area contributed by atoms with Crippen molar-refractivity contribution < 1.29 is 9.53 Å². The van der Waals surface area contributed by atoms with Crippen LogP contribution in [0.2, 0.25) is 5.02 Å². The van der Waals surface area contributed by atoms with Gasteiger partial charge in [-0.1, -0.05) is 65.8 Å². The van der Waals surface area contributed by atoms with Crippen molar-refractivity contribution in [2.75, 3.05) is 11.1 Å². The molecule has 0 bridgehead atoms. The van der Waals surface area contributed by atoms with Gasteiger partial charge < -0.3 is 10.1 Å². The smallest absolute Gasteiger partial charge is 0.234 e. The van der Waals surface area contributed by atoms with Crippen molar-refractivity contribution in [1.82, 2.24) is 14.8 Å². The molecule has 1 amide bonds. The third kappa shape index (κ3) is 5.95. The first kappa shape index (κ1) is 23.4. The number of carbonyl (C=O) groups excluding carboxylic acids is 1. The van der Waals surface area contributed by atoms with Crippen molar-refractivity contribution in [3.05, 3.63) is 95.3 Å². The fourth-order valence-electron chi connectivity index (χ4n) is 3.15. The van der Waals surface area contributed by atoms with Crippen molar-refractivity contribution in [2.45, 2.75) is 18.2 Å². The van der Waals surface area contributed by atoms with Gasteiger partial charge in [-0.3, -0.25) is 9.36 Å². The molecule has 0 radical (unpaired) electrons. The van der Waals surface area contributed by atoms with Gasteiger partial charge in [0.2, 0.25) is 5.91 Å². The van der Waals surface area contributed by atoms with Gasteiger partial charge >= 0.3 is 0 Å². The highest BCUT2D eigenvalue weighted by Crippen LogP contribution is 2.26. The Bertz CT molecular complexity index is 1300. The Balaban J connectivity index is 1.46. The summed E-state index contributed by atoms with van der Waals surface area (Å²) in [5, 5.41) is 21.3. The van der Waals surface area contributed by atoms with Crippen molar-refractivity contribution in [1.29, 1.82) is 5.26 Å². The zero-order valence-electron chi connectivity index (χ0n) is 18.0. The molecular formula is C25H20ClN5O2S. The number of anilines is 1. The molecule has 0 spiro atoms. The number of nitriles is 1. The molecule has 0 fully saturated rings. The average molecular weight is 490 g/mol. The van der Waals surface area contributed by atoms with Gasteiger partial charge in [0.15, 0.2) is 11.0 Å². The van der Waals surface area contributed by atoms with Crippen molar-refractivity contribution in [3.8, 4) is 17.5 Å². The highest BCUT2D eigenvalue weighted by Gasteiger charge is 2.17. The Labute approximate surface area is 206 Å². The molecule has 9 heteroatoms. The predicted molar refractivity (Wildman–Crippen MR) is 132 cm³/mol. The van der Waals surface area contributed by atoms with Gasteiger partial charge in [-0.05, 0) is 42.0 Å². The summed E-state index contributed by atoms with van der Waals surface area (Å²) >= 11 is 7.48. The summed E-state index contributed by atoms with van der Waals surface area (Å²) in [5.41, 5.74) is 2.43. The van der Waals surface area contributed by atoms with Crippen LogP contribution in [0.4, 0.5) is 5.69 Å². The molecule has 0 atom stereocenters. The summed E-state index contributed by atoms with van der Waals surface area (Å²) in [6.07, 6.45) is 0.335. The van der Waals surface area contributed by atoms with Crippen LogP contribution in [0.15, 0.2) is 84.0 Å². The Morgan fingerprint density at radius 2 is 1.76 bits per heavy atom. The van der Waals surface area contributed by atoms with E-state index in [4.69, 9.17) is 21.6 Å². The number of thioether (sulfide) groups is 1. The maximum Gasteiger partial charge on any atom is 0.234 e. The number of halogens is 1. The molecule has 0 aliphatic rings. The molecule has 34 heavy (non-hydrogen) atoms. The molecule has 1 heterocycles. The monoisotopic (exact) mass is 489 g/mol. The van der Waals surface area contributed by atoms with E-state index >= 15 is 0 Å². The number of amides is 1. The summed E-state index contributed by atoms with van der Waals surface area (Å²) in [5.74, 6) is 1.12. The highest BCUT2D eigenvalue weighted by atomic mass is 35.5. The molecule has 4 aromatic rings. The number of aromatic nitrogens is 3. The van der Waals surface area contributed by atoms with E-state index < -0.39 is 0 Å². The quantitative estimate of drug-likeness (QED) is 0.321. The van der Waals surface area contributed by atoms with Crippen LogP contribution in [0.3, 0.4) is 0 Å². The molecule has 0 unspecified atom stereocenters. The Hall–Kier alpha value is -3.80. The van der Waals surface area contributed by atoms with Crippen molar-refractivity contribution in [3.63, 3.8) is 0 Å². The molecule has 170 valence electrons. The summed E-state index contributed by atoms with van der Waals surface area (Å²) in [4.78, 5) is 12.5. The first-order valence-corrected chi connectivity index (χ1v) is 11.8. The second kappa shape index (κ2) is 11.4. The van der Waals surface area contributed by atoms with Gasteiger partial charge in [0.1, 0.15) is 12.4 Å². The molecular weight excluding hydrogens is 470 g/mol. The van der Waals surface area contributed by atoms with E-state index in [1.807, 2.05) is 59.2 Å². The zero-order valence-corrected chi connectivity index (χ0v) is 19.6. The average Bonchev–Trinajstić information content (AvgIpc) is 3.27. The lowest BCUT2D eigenvalue weighted by Crippen LogP contribution is -2.14. The Morgan fingerprint density at radius 1 is 1.03 bits per heavy atom. The van der Waals surface area contributed by atoms with Gasteiger partial charge in [0.05, 0.1) is 23.3 Å². The standard InChI is InChI=1S/C25H20ClN5O2S/c26-21-8-4-5-9-22(21)33-16-23-29-30-25(31(23)20-6-2-1-3-7-20)34-17-24(32)28-19-12-10-18(11-13-19)14-15-27/h1-13H,14,16-17H2,(H,28,32). The number of rotatable bonds is 9. The van der Waals surface area contributed by atoms with E-state index in [2.05, 4.69) is 21.6 Å². The SMILES string of the molecule is N#CCc1ccc(NC(=O)CSc2nnc(COc3ccccc3Cl)n2-c2ccccc2)cc1. The molecule has 1 N–H and O–H groups in total. The minimum absolute atomic E-state index is 0.149. The number of hydrogen-bond acceptors (Lipinski definition) is 6. The highest BCUT2D eigenvalue weighted by molar-refractivity contribution is 7.99. The zero-order chi connectivity index (χ0) is 23.8. The lowest BCUT2D eigenvalue weighted by Gasteiger charge is -2.12. The Morgan fingerprint density at radius 3 is 2.50 bits per heavy atom. The molecule has 1 aromatic heterocycles. The fraction of sp³-hybridized carbons (Fsp3) is 0.120. The van der Waals surface area contributed by atoms with Gasteiger partial charge in [0, 0.05) is 11.4 Å². The largest absolute Gasteiger partial charge is 0.484 e. The number of nitrogens with zero attached hydrogens (tertiary/aromatic N) is 4. The third-order valence-corrected chi connectivity index (χ3v) is 6.00. The van der Waals surface area contributed by atoms with Crippen LogP contribution < -0.4 is 10.1 Å². The van der Waals surface area contributed by atoms with Crippen LogP contribution >= 0.6 is 23.4 Å². The van der Waals surface area contributed by atoms with Gasteiger partial charge in [-0.25, -0.2) is 0 Å². The first-order valence-electron chi connectivity index (χ1n) is 10.4. The first-order chi connectivity index (χ1) is 16.6. The molecule has 7 nitrogen and oxygen atoms in total. The van der Waals surface area contributed by atoms with E-state index in [0.717, 1.165) is 11.3 Å². The summed E-state index contributed by atoms with van der Waals surface area (Å²) in [6.45, 7) is 0.160. The van der Waals surface area contributed by atoms with Gasteiger partial charge in [-0.2, -0.15) is 5.26 Å². The van der Waals surface area contributed by atoms with Crippen molar-refractivity contribution >= 4 is 35.0 Å². The number of carbonyl (C=O) groups is 1. The van der Waals surface area contributed by atoms with Gasteiger partial charge in [0.25, 0.3) is 0 Å². The molecule has 4 rings (SSSR count). The number of ether oxygens (including phenoxy) is 1. The molecule has 0 aliphatic heterocycles. The fourth-order valence-corrected chi connectivity index (χ4v) is 4.11. The van der Waals surface area contributed by atoms with Gasteiger partial charge in [-0.15, -0.1) is 10.2 Å². The van der Waals surface area contributed by atoms with E-state index in [1.165, 1.54) is 11.8 Å². The molecule has 3 aromatic carbocycles. The summed E-state index contributed by atoms with van der Waals surface area (Å²) < 4.78 is 7.73. The lowest BCUT2D eigenvalue weighted by molar-refractivity contribution is -0.113. The number of para-hydroxylation sites is 2. The maximum atomic E-state index is 12.5. The second-order valence-corrected chi connectivity index (χ2v) is 8.51. The number of nitrogens with one attached hydrogen (secondary N) is 1. The second-order valence-electron chi connectivity index (χ2n) is 7.16. The third-order valence-electron chi connectivity index (χ3n) is 4.76. The minimum atomic E-state index is -0.172. The Kier molecular flexibility index (Phi) is 7.81. The number of hydrogen-bond donors (Lipinski definition) is 1. The van der Waals surface area contributed by atoms with E-state index in [-0.39, 0.29) is 18.3 Å². The minimum Gasteiger partial charge on any atom is -0.484 e. The van der Waals surface area contributed by atoms with E-state index in [9.17, 15) is 4.79 Å². The van der Waals surface area contributed by atoms with Crippen LogP contribution in [0.1, 0.15) is 11.4 Å². The topological polar surface area (TPSA) is 92.8 Å². The summed E-state index contributed by atoms with van der Waals surface area (Å²) in [6, 6.07) is 26.2. The molecule has 0 saturated heterocycles. The van der Waals surface area contributed by atoms with Crippen LogP contribution in [0.5, 0.6) is 5.75 Å². The van der Waals surface area contributed by atoms with Crippen LogP contribution in [0.25, 0.3) is 5.69 Å². The number of benzene rings is 3. The maximum absolute atomic E-state index is 12.5. The normalized spacial score (nSPS) is 10.5. The van der Waals surface area contributed by atoms with Crippen LogP contribution in [-0.4, -0.2) is 26.4 Å². The van der Waals surface area contributed by atoms with E-state index in [1.54, 1.807) is 24.3 Å². The molecule has 0 saturated carbocycles.